The molecule has 0 radical (unpaired) electrons. The summed E-state index contributed by atoms with van der Waals surface area (Å²) in [6.07, 6.45) is 2.61. The minimum Gasteiger partial charge on any atom is -0.488 e. The summed E-state index contributed by atoms with van der Waals surface area (Å²) in [7, 11) is 0. The van der Waals surface area contributed by atoms with Gasteiger partial charge in [-0.15, -0.1) is 12.4 Å². The van der Waals surface area contributed by atoms with Gasteiger partial charge >= 0.3 is 0 Å². The maximum absolute atomic E-state index is 6.19. The highest BCUT2D eigenvalue weighted by Crippen LogP contribution is 2.38. The van der Waals surface area contributed by atoms with E-state index in [2.05, 4.69) is 16.3 Å². The van der Waals surface area contributed by atoms with Gasteiger partial charge in [-0.25, -0.2) is 0 Å². The lowest BCUT2D eigenvalue weighted by atomic mass is 9.98. The molecule has 1 fully saturated rings. The Kier molecular flexibility index (Phi) is 5.20. The number of rotatable bonds is 2. The van der Waals surface area contributed by atoms with Crippen molar-refractivity contribution in [3.05, 3.63) is 23.2 Å². The number of piperidine rings is 1. The number of benzene rings is 1. The standard InChI is InChI=1S/C14H19ClN2O.ClH/c15-12-4-1-5-13-14(12)18-8-7-17(13)10-11-3-2-6-16-9-11;/h1,4-5,11,16H,2-3,6-10H2;1H. The van der Waals surface area contributed by atoms with Crippen molar-refractivity contribution in [1.29, 1.82) is 0 Å². The third-order valence-corrected chi connectivity index (χ3v) is 4.07. The summed E-state index contributed by atoms with van der Waals surface area (Å²) in [4.78, 5) is 2.42. The molecule has 2 aliphatic heterocycles. The van der Waals surface area contributed by atoms with Crippen LogP contribution in [-0.2, 0) is 0 Å². The van der Waals surface area contributed by atoms with Gasteiger partial charge in [-0.2, -0.15) is 0 Å². The molecule has 106 valence electrons. The second-order valence-electron chi connectivity index (χ2n) is 5.09. The fraction of sp³-hybridized carbons (Fsp3) is 0.571. The number of fused-ring (bicyclic) bond motifs is 1. The topological polar surface area (TPSA) is 24.5 Å². The second kappa shape index (κ2) is 6.69. The lowest BCUT2D eigenvalue weighted by molar-refractivity contribution is 0.296. The molecule has 0 bridgehead atoms. The van der Waals surface area contributed by atoms with E-state index in [0.717, 1.165) is 48.6 Å². The zero-order valence-electron chi connectivity index (χ0n) is 10.9. The number of anilines is 1. The van der Waals surface area contributed by atoms with Crippen molar-refractivity contribution >= 4 is 29.7 Å². The third kappa shape index (κ3) is 3.28. The summed E-state index contributed by atoms with van der Waals surface area (Å²) in [5.74, 6) is 1.60. The molecule has 1 atom stereocenters. The molecule has 1 aromatic carbocycles. The minimum atomic E-state index is 0. The molecule has 0 aromatic heterocycles. The number of nitrogens with zero attached hydrogens (tertiary/aromatic N) is 1. The SMILES string of the molecule is Cl.Clc1cccc2c1OCCN2CC1CCCNC1. The Morgan fingerprint density at radius 3 is 3.11 bits per heavy atom. The van der Waals surface area contributed by atoms with Gasteiger partial charge in [0.2, 0.25) is 0 Å². The van der Waals surface area contributed by atoms with E-state index in [1.54, 1.807) is 0 Å². The molecule has 0 saturated carbocycles. The number of halogens is 2. The van der Waals surface area contributed by atoms with Crippen LogP contribution >= 0.6 is 24.0 Å². The molecular formula is C14H20Cl2N2O. The molecule has 0 spiro atoms. The molecule has 1 saturated heterocycles. The van der Waals surface area contributed by atoms with Gasteiger partial charge in [0.25, 0.3) is 0 Å². The van der Waals surface area contributed by atoms with Crippen molar-refractivity contribution < 1.29 is 4.74 Å². The van der Waals surface area contributed by atoms with E-state index in [4.69, 9.17) is 16.3 Å². The van der Waals surface area contributed by atoms with Gasteiger partial charge in [0.05, 0.1) is 17.3 Å². The molecule has 2 aliphatic rings. The molecule has 2 heterocycles. The Bertz CT molecular complexity index is 422. The van der Waals surface area contributed by atoms with Crippen molar-refractivity contribution in [1.82, 2.24) is 5.32 Å². The number of para-hydroxylation sites is 1. The van der Waals surface area contributed by atoms with Crippen LogP contribution in [-0.4, -0.2) is 32.8 Å². The molecule has 3 rings (SSSR count). The summed E-state index contributed by atoms with van der Waals surface area (Å²) in [5.41, 5.74) is 1.15. The third-order valence-electron chi connectivity index (χ3n) is 3.77. The Balaban J connectivity index is 0.00000133. The van der Waals surface area contributed by atoms with E-state index in [1.165, 1.54) is 19.4 Å². The predicted molar refractivity (Wildman–Crippen MR) is 82.0 cm³/mol. The molecule has 0 amide bonds. The number of hydrogen-bond donors (Lipinski definition) is 1. The van der Waals surface area contributed by atoms with Gasteiger partial charge in [-0.3, -0.25) is 0 Å². The van der Waals surface area contributed by atoms with Gasteiger partial charge in [-0.05, 0) is 44.0 Å². The lowest BCUT2D eigenvalue weighted by Gasteiger charge is -2.35. The average Bonchev–Trinajstić information content (AvgIpc) is 2.41. The highest BCUT2D eigenvalue weighted by molar-refractivity contribution is 6.32. The van der Waals surface area contributed by atoms with Crippen LogP contribution in [0.4, 0.5) is 5.69 Å². The van der Waals surface area contributed by atoms with Crippen molar-refractivity contribution in [2.24, 2.45) is 5.92 Å². The van der Waals surface area contributed by atoms with Crippen molar-refractivity contribution in [2.75, 3.05) is 37.7 Å². The predicted octanol–water partition coefficient (Wildman–Crippen LogP) is 2.96. The van der Waals surface area contributed by atoms with Crippen LogP contribution < -0.4 is 15.0 Å². The summed E-state index contributed by atoms with van der Waals surface area (Å²) in [6, 6.07) is 6.00. The monoisotopic (exact) mass is 302 g/mol. The quantitative estimate of drug-likeness (QED) is 0.909. The first-order valence-corrected chi connectivity index (χ1v) is 7.09. The van der Waals surface area contributed by atoms with Crippen molar-refractivity contribution in [2.45, 2.75) is 12.8 Å². The van der Waals surface area contributed by atoms with Gasteiger partial charge < -0.3 is 15.0 Å². The molecule has 0 aliphatic carbocycles. The normalized spacial score (nSPS) is 22.2. The summed E-state index contributed by atoms with van der Waals surface area (Å²) < 4.78 is 5.68. The van der Waals surface area contributed by atoms with Crippen LogP contribution in [0.15, 0.2) is 18.2 Å². The first kappa shape index (κ1) is 14.8. The Labute approximate surface area is 125 Å². The van der Waals surface area contributed by atoms with E-state index < -0.39 is 0 Å². The van der Waals surface area contributed by atoms with E-state index in [-0.39, 0.29) is 12.4 Å². The largest absolute Gasteiger partial charge is 0.488 e. The Morgan fingerprint density at radius 2 is 2.32 bits per heavy atom. The highest BCUT2D eigenvalue weighted by Gasteiger charge is 2.23. The van der Waals surface area contributed by atoms with Crippen molar-refractivity contribution in [3.63, 3.8) is 0 Å². The molecule has 1 aromatic rings. The van der Waals surface area contributed by atoms with E-state index in [0.29, 0.717) is 0 Å². The molecule has 1 unspecified atom stereocenters. The smallest absolute Gasteiger partial charge is 0.161 e. The fourth-order valence-electron chi connectivity index (χ4n) is 2.85. The van der Waals surface area contributed by atoms with Crippen LogP contribution in [0.5, 0.6) is 5.75 Å². The summed E-state index contributed by atoms with van der Waals surface area (Å²) >= 11 is 6.19. The zero-order valence-corrected chi connectivity index (χ0v) is 12.5. The van der Waals surface area contributed by atoms with Gasteiger partial charge in [-0.1, -0.05) is 17.7 Å². The Hall–Kier alpha value is -0.640. The molecule has 1 N–H and O–H groups in total. The maximum atomic E-state index is 6.19. The highest BCUT2D eigenvalue weighted by atomic mass is 35.5. The van der Waals surface area contributed by atoms with Crippen LogP contribution in [0.2, 0.25) is 5.02 Å². The van der Waals surface area contributed by atoms with E-state index in [1.807, 2.05) is 12.1 Å². The van der Waals surface area contributed by atoms with Crippen LogP contribution in [0, 0.1) is 5.92 Å². The van der Waals surface area contributed by atoms with E-state index >= 15 is 0 Å². The van der Waals surface area contributed by atoms with Crippen LogP contribution in [0.25, 0.3) is 0 Å². The zero-order chi connectivity index (χ0) is 12.4. The lowest BCUT2D eigenvalue weighted by Crippen LogP contribution is -2.41. The fourth-order valence-corrected chi connectivity index (χ4v) is 3.07. The molecule has 5 heteroatoms. The van der Waals surface area contributed by atoms with Gasteiger partial charge in [0, 0.05) is 6.54 Å². The Morgan fingerprint density at radius 1 is 1.42 bits per heavy atom. The second-order valence-corrected chi connectivity index (χ2v) is 5.50. The minimum absolute atomic E-state index is 0. The molecule has 3 nitrogen and oxygen atoms in total. The van der Waals surface area contributed by atoms with Gasteiger partial charge in [0.1, 0.15) is 6.61 Å². The average molecular weight is 303 g/mol. The number of hydrogen-bond acceptors (Lipinski definition) is 3. The summed E-state index contributed by atoms with van der Waals surface area (Å²) in [5, 5.41) is 4.20. The number of ether oxygens (including phenoxy) is 1. The number of nitrogens with one attached hydrogen (secondary N) is 1. The van der Waals surface area contributed by atoms with Gasteiger partial charge in [0.15, 0.2) is 5.75 Å². The summed E-state index contributed by atoms with van der Waals surface area (Å²) in [6.45, 7) is 5.10. The first-order valence-electron chi connectivity index (χ1n) is 6.71. The maximum Gasteiger partial charge on any atom is 0.161 e. The van der Waals surface area contributed by atoms with Crippen LogP contribution in [0.3, 0.4) is 0 Å². The first-order chi connectivity index (χ1) is 8.84. The molecular weight excluding hydrogens is 283 g/mol. The van der Waals surface area contributed by atoms with E-state index in [9.17, 15) is 0 Å². The van der Waals surface area contributed by atoms with Crippen LogP contribution in [0.1, 0.15) is 12.8 Å². The van der Waals surface area contributed by atoms with Crippen molar-refractivity contribution in [3.8, 4) is 5.75 Å². The molecule has 19 heavy (non-hydrogen) atoms.